The van der Waals surface area contributed by atoms with Crippen LogP contribution in [0.5, 0.6) is 0 Å². The molecule has 0 bridgehead atoms. The number of carbonyl (C=O) groups is 4. The summed E-state index contributed by atoms with van der Waals surface area (Å²) in [7, 11) is 0. The maximum Gasteiger partial charge on any atom is 0.326 e. The Morgan fingerprint density at radius 2 is 1.62 bits per heavy atom. The van der Waals surface area contributed by atoms with Crippen LogP contribution in [0.4, 0.5) is 0 Å². The lowest BCUT2D eigenvalue weighted by Gasteiger charge is -2.24. The number of aromatic amines is 1. The molecule has 4 unspecified atom stereocenters. The molecule has 8 N–H and O–H groups in total. The molecule has 1 heterocycles. The second kappa shape index (κ2) is 14.6. The largest absolute Gasteiger partial charge is 0.480 e. The van der Waals surface area contributed by atoms with E-state index in [1.54, 1.807) is 6.20 Å². The first-order valence-corrected chi connectivity index (χ1v) is 13.5. The van der Waals surface area contributed by atoms with Gasteiger partial charge < -0.3 is 36.9 Å². The zero-order valence-corrected chi connectivity index (χ0v) is 22.1. The van der Waals surface area contributed by atoms with Crippen molar-refractivity contribution in [2.75, 3.05) is 18.6 Å². The number of aliphatic carboxylic acids is 1. The van der Waals surface area contributed by atoms with E-state index in [2.05, 4.69) is 20.9 Å². The van der Waals surface area contributed by atoms with Crippen molar-refractivity contribution in [1.29, 1.82) is 0 Å². The van der Waals surface area contributed by atoms with Gasteiger partial charge >= 0.3 is 5.97 Å². The maximum absolute atomic E-state index is 12.9. The molecule has 0 aliphatic heterocycles. The summed E-state index contributed by atoms with van der Waals surface area (Å²) in [6.45, 7) is 2.97. The number of rotatable bonds is 15. The molecule has 2 rings (SSSR count). The van der Waals surface area contributed by atoms with Gasteiger partial charge in [-0.1, -0.05) is 32.0 Å². The van der Waals surface area contributed by atoms with E-state index in [0.29, 0.717) is 5.75 Å². The fourth-order valence-electron chi connectivity index (χ4n) is 3.85. The van der Waals surface area contributed by atoms with Crippen molar-refractivity contribution in [1.82, 2.24) is 20.9 Å². The molecule has 1 aromatic carbocycles. The lowest BCUT2D eigenvalue weighted by Crippen LogP contribution is -2.58. The average Bonchev–Trinajstić information content (AvgIpc) is 3.26. The number of aromatic nitrogens is 1. The second-order valence-corrected chi connectivity index (χ2v) is 10.3. The van der Waals surface area contributed by atoms with Gasteiger partial charge in [0.25, 0.3) is 0 Å². The number of fused-ring (bicyclic) bond motifs is 1. The van der Waals surface area contributed by atoms with Crippen molar-refractivity contribution in [2.45, 2.75) is 57.3 Å². The zero-order valence-electron chi connectivity index (χ0n) is 21.3. The van der Waals surface area contributed by atoms with Gasteiger partial charge in [-0.2, -0.15) is 11.8 Å². The van der Waals surface area contributed by atoms with Crippen molar-refractivity contribution in [3.05, 3.63) is 36.0 Å². The highest BCUT2D eigenvalue weighted by atomic mass is 32.2. The number of benzene rings is 1. The van der Waals surface area contributed by atoms with E-state index in [4.69, 9.17) is 5.73 Å². The van der Waals surface area contributed by atoms with Crippen LogP contribution in [0.2, 0.25) is 0 Å². The van der Waals surface area contributed by atoms with Crippen LogP contribution in [0.15, 0.2) is 30.5 Å². The van der Waals surface area contributed by atoms with Crippen molar-refractivity contribution in [3.8, 4) is 0 Å². The van der Waals surface area contributed by atoms with Gasteiger partial charge in [0.2, 0.25) is 17.7 Å². The highest BCUT2D eigenvalue weighted by Crippen LogP contribution is 2.18. The number of hydrogen-bond acceptors (Lipinski definition) is 7. The number of carboxylic acid groups (broad SMARTS) is 1. The normalized spacial score (nSPS) is 14.5. The summed E-state index contributed by atoms with van der Waals surface area (Å²) in [6.07, 6.45) is 4.28. The van der Waals surface area contributed by atoms with E-state index in [1.165, 1.54) is 11.8 Å². The Morgan fingerprint density at radius 3 is 2.24 bits per heavy atom. The SMILES string of the molecule is CSCCC(NC(=O)C(CO)NC(=O)C(N)Cc1c[nH]c2ccccc12)C(=O)NC(CC(C)C)C(=O)O. The summed E-state index contributed by atoms with van der Waals surface area (Å²) in [5.74, 6) is -2.66. The summed E-state index contributed by atoms with van der Waals surface area (Å²) in [5.41, 5.74) is 7.83. The van der Waals surface area contributed by atoms with Crippen molar-refractivity contribution < 1.29 is 29.4 Å². The van der Waals surface area contributed by atoms with E-state index >= 15 is 0 Å². The summed E-state index contributed by atoms with van der Waals surface area (Å²) in [5, 5.41) is 27.6. The van der Waals surface area contributed by atoms with Crippen molar-refractivity contribution in [2.24, 2.45) is 11.7 Å². The predicted molar refractivity (Wildman–Crippen MR) is 143 cm³/mol. The minimum Gasteiger partial charge on any atom is -0.480 e. The Morgan fingerprint density at radius 1 is 1.00 bits per heavy atom. The number of H-pyrrole nitrogens is 1. The molecule has 4 atom stereocenters. The zero-order chi connectivity index (χ0) is 27.5. The third-order valence-electron chi connectivity index (χ3n) is 5.83. The molecule has 0 spiro atoms. The number of carbonyl (C=O) groups excluding carboxylic acids is 3. The number of nitrogens with one attached hydrogen (secondary N) is 4. The highest BCUT2D eigenvalue weighted by Gasteiger charge is 2.30. The monoisotopic (exact) mass is 535 g/mol. The van der Waals surface area contributed by atoms with E-state index < -0.39 is 54.5 Å². The Bertz CT molecular complexity index is 1070. The van der Waals surface area contributed by atoms with Crippen molar-refractivity contribution >= 4 is 46.4 Å². The van der Waals surface area contributed by atoms with E-state index in [-0.39, 0.29) is 25.2 Å². The number of hydrogen-bond donors (Lipinski definition) is 7. The smallest absolute Gasteiger partial charge is 0.326 e. The van der Waals surface area contributed by atoms with Crippen molar-refractivity contribution in [3.63, 3.8) is 0 Å². The molecule has 0 saturated heterocycles. The van der Waals surface area contributed by atoms with Crippen LogP contribution in [0.1, 0.15) is 32.3 Å². The fourth-order valence-corrected chi connectivity index (χ4v) is 4.32. The number of nitrogens with two attached hydrogens (primary N) is 1. The quantitative estimate of drug-likeness (QED) is 0.170. The standard InChI is InChI=1S/C25H37N5O6S/c1-14(2)10-20(25(35)36)29-23(33)19(8-9-37-3)28-24(34)21(13-31)30-22(32)17(26)11-15-12-27-18-7-5-4-6-16(15)18/h4-7,12,14,17,19-21,27,31H,8-11,13,26H2,1-3H3,(H,28,34)(H,29,33)(H,30,32)(H,35,36). The fraction of sp³-hybridized carbons (Fsp3) is 0.520. The molecule has 11 nitrogen and oxygen atoms in total. The van der Waals surface area contributed by atoms with E-state index in [0.717, 1.165) is 16.5 Å². The first-order chi connectivity index (χ1) is 17.6. The van der Waals surface area contributed by atoms with Gasteiger partial charge in [0, 0.05) is 17.1 Å². The molecule has 2 aromatic rings. The molecule has 3 amide bonds. The molecular weight excluding hydrogens is 498 g/mol. The molecule has 1 aromatic heterocycles. The van der Waals surface area contributed by atoms with Gasteiger partial charge in [0.15, 0.2) is 0 Å². The third-order valence-corrected chi connectivity index (χ3v) is 6.48. The van der Waals surface area contributed by atoms with Gasteiger partial charge in [0.05, 0.1) is 12.6 Å². The molecular formula is C25H37N5O6S. The molecule has 12 heteroatoms. The second-order valence-electron chi connectivity index (χ2n) is 9.29. The number of carboxylic acids is 1. The summed E-state index contributed by atoms with van der Waals surface area (Å²) < 4.78 is 0. The van der Waals surface area contributed by atoms with E-state index in [1.807, 2.05) is 44.4 Å². The van der Waals surface area contributed by atoms with E-state index in [9.17, 15) is 29.4 Å². The number of amides is 3. The average molecular weight is 536 g/mol. The first-order valence-electron chi connectivity index (χ1n) is 12.1. The number of para-hydroxylation sites is 1. The lowest BCUT2D eigenvalue weighted by molar-refractivity contribution is -0.142. The number of aliphatic hydroxyl groups is 1. The first kappa shape index (κ1) is 30.1. The summed E-state index contributed by atoms with van der Waals surface area (Å²) >= 11 is 1.46. The predicted octanol–water partition coefficient (Wildman–Crippen LogP) is 0.368. The summed E-state index contributed by atoms with van der Waals surface area (Å²) in [6, 6.07) is 3.12. The van der Waals surface area contributed by atoms with Crippen LogP contribution in [-0.4, -0.2) is 81.7 Å². The number of thioether (sulfide) groups is 1. The summed E-state index contributed by atoms with van der Waals surface area (Å²) in [4.78, 5) is 53.1. The van der Waals surface area contributed by atoms with Gasteiger partial charge in [-0.05, 0) is 48.8 Å². The van der Waals surface area contributed by atoms with Crippen LogP contribution in [-0.2, 0) is 25.6 Å². The Kier molecular flexibility index (Phi) is 11.9. The Balaban J connectivity index is 2.03. The van der Waals surface area contributed by atoms with Crippen LogP contribution in [0, 0.1) is 5.92 Å². The molecule has 37 heavy (non-hydrogen) atoms. The van der Waals surface area contributed by atoms with Gasteiger partial charge in [-0.3, -0.25) is 14.4 Å². The molecule has 0 fully saturated rings. The Labute approximate surface area is 220 Å². The van der Waals surface area contributed by atoms with Gasteiger partial charge in [-0.25, -0.2) is 4.79 Å². The highest BCUT2D eigenvalue weighted by molar-refractivity contribution is 7.98. The van der Waals surface area contributed by atoms with Crippen LogP contribution >= 0.6 is 11.8 Å². The Hall–Kier alpha value is -3.09. The molecule has 0 saturated carbocycles. The molecule has 0 aliphatic rings. The van der Waals surface area contributed by atoms with Crippen LogP contribution < -0.4 is 21.7 Å². The third kappa shape index (κ3) is 9.06. The topological polar surface area (TPSA) is 187 Å². The van der Waals surface area contributed by atoms with Crippen LogP contribution in [0.3, 0.4) is 0 Å². The van der Waals surface area contributed by atoms with Gasteiger partial charge in [0.1, 0.15) is 18.1 Å². The lowest BCUT2D eigenvalue weighted by atomic mass is 10.0. The molecule has 204 valence electrons. The molecule has 0 radical (unpaired) electrons. The maximum atomic E-state index is 12.9. The molecule has 0 aliphatic carbocycles. The van der Waals surface area contributed by atoms with Gasteiger partial charge in [-0.15, -0.1) is 0 Å². The van der Waals surface area contributed by atoms with Crippen LogP contribution in [0.25, 0.3) is 10.9 Å². The minimum absolute atomic E-state index is 0.0306. The number of aliphatic hydroxyl groups excluding tert-OH is 1. The minimum atomic E-state index is -1.34.